The van der Waals surface area contributed by atoms with Gasteiger partial charge in [0.15, 0.2) is 0 Å². The van der Waals surface area contributed by atoms with E-state index in [1.54, 1.807) is 24.3 Å². The van der Waals surface area contributed by atoms with Crippen molar-refractivity contribution in [3.05, 3.63) is 29.8 Å². The molecule has 0 aliphatic heterocycles. The fraction of sp³-hybridized carbons (Fsp3) is 0.462. The van der Waals surface area contributed by atoms with Gasteiger partial charge in [0, 0.05) is 5.71 Å². The summed E-state index contributed by atoms with van der Waals surface area (Å²) in [4.78, 5) is 2.58. The molecule has 0 heterocycles. The molecule has 98 valence electrons. The number of sulfonamides is 1. The summed E-state index contributed by atoms with van der Waals surface area (Å²) < 4.78 is 23.9. The average Bonchev–Trinajstić information content (AvgIpc) is 2.38. The summed E-state index contributed by atoms with van der Waals surface area (Å²) in [7, 11) is -3.51. The second kappa shape index (κ2) is 7.43. The van der Waals surface area contributed by atoms with E-state index in [1.807, 2.05) is 6.92 Å². The molecule has 0 spiro atoms. The first kappa shape index (κ1) is 16.7. The third kappa shape index (κ3) is 4.91. The van der Waals surface area contributed by atoms with Gasteiger partial charge in [-0.2, -0.15) is 13.5 Å². The molecular weight excluding hydrogens is 271 g/mol. The maximum Gasteiger partial charge on any atom is 1.00 e. The summed E-state index contributed by atoms with van der Waals surface area (Å²) in [6.07, 6.45) is 5.22. The van der Waals surface area contributed by atoms with Crippen LogP contribution in [0.15, 0.2) is 34.3 Å². The molecule has 0 saturated heterocycles. The Labute approximate surface area is 137 Å². The van der Waals surface area contributed by atoms with Gasteiger partial charge < -0.3 is 0 Å². The minimum Gasteiger partial charge on any atom is -0.200 e. The van der Waals surface area contributed by atoms with E-state index in [9.17, 15) is 8.42 Å². The fourth-order valence-corrected chi connectivity index (χ4v) is 2.82. The molecule has 1 aromatic carbocycles. The van der Waals surface area contributed by atoms with Crippen LogP contribution in [0, 0.1) is 6.92 Å². The van der Waals surface area contributed by atoms with E-state index in [1.165, 1.54) is 6.42 Å². The van der Waals surface area contributed by atoms with Gasteiger partial charge in [0.1, 0.15) is 0 Å². The van der Waals surface area contributed by atoms with Gasteiger partial charge in [-0.15, -0.1) is 0 Å². The minimum atomic E-state index is -3.51. The van der Waals surface area contributed by atoms with E-state index < -0.39 is 10.0 Å². The van der Waals surface area contributed by atoms with Crippen LogP contribution in [-0.2, 0) is 10.0 Å². The van der Waals surface area contributed by atoms with Gasteiger partial charge in [0.05, 0.1) is 4.90 Å². The van der Waals surface area contributed by atoms with Crippen molar-refractivity contribution in [3.8, 4) is 0 Å². The normalized spacial score (nSPS) is 15.5. The second-order valence-corrected chi connectivity index (χ2v) is 6.31. The van der Waals surface area contributed by atoms with Gasteiger partial charge in [0.2, 0.25) is 0 Å². The Morgan fingerprint density at radius 1 is 1.05 bits per heavy atom. The molecule has 0 radical (unpaired) electrons. The van der Waals surface area contributed by atoms with Crippen LogP contribution in [0.1, 0.15) is 37.7 Å². The zero-order valence-electron chi connectivity index (χ0n) is 11.5. The van der Waals surface area contributed by atoms with Crippen molar-refractivity contribution in [1.29, 1.82) is 0 Å². The summed E-state index contributed by atoms with van der Waals surface area (Å²) in [6.45, 7) is 1.92. The summed E-state index contributed by atoms with van der Waals surface area (Å²) in [5, 5.41) is 4.03. The van der Waals surface area contributed by atoms with Crippen molar-refractivity contribution in [3.63, 3.8) is 0 Å². The van der Waals surface area contributed by atoms with Crippen molar-refractivity contribution in [2.24, 2.45) is 5.10 Å². The molecule has 0 aromatic heterocycles. The summed E-state index contributed by atoms with van der Waals surface area (Å²) in [6, 6.07) is 6.75. The second-order valence-electron chi connectivity index (χ2n) is 4.65. The number of nitrogens with zero attached hydrogens (tertiary/aromatic N) is 1. The fourth-order valence-electron chi connectivity index (χ4n) is 1.97. The maximum atomic E-state index is 12.0. The molecule has 1 aromatic rings. The zero-order chi connectivity index (χ0) is 13.0. The van der Waals surface area contributed by atoms with Crippen molar-refractivity contribution >= 4 is 15.7 Å². The van der Waals surface area contributed by atoms with Crippen LogP contribution >= 0.6 is 0 Å². The third-order valence-corrected chi connectivity index (χ3v) is 4.31. The van der Waals surface area contributed by atoms with Crippen LogP contribution in [0.3, 0.4) is 0 Å². The Bertz CT molecular complexity index is 530. The molecule has 2 rings (SSSR count). The van der Waals surface area contributed by atoms with Crippen LogP contribution in [0.25, 0.3) is 0 Å². The van der Waals surface area contributed by atoms with E-state index in [2.05, 4.69) is 9.93 Å². The van der Waals surface area contributed by atoms with E-state index in [0.29, 0.717) is 0 Å². The maximum absolute atomic E-state index is 12.0. The van der Waals surface area contributed by atoms with Crippen LogP contribution < -0.4 is 34.4 Å². The molecule has 0 unspecified atom stereocenters. The van der Waals surface area contributed by atoms with Gasteiger partial charge in [-0.25, -0.2) is 4.83 Å². The predicted molar refractivity (Wildman–Crippen MR) is 72.0 cm³/mol. The van der Waals surface area contributed by atoms with E-state index >= 15 is 0 Å². The standard InChI is InChI=1S/C13H18N2O2S.Na/c1-11-7-9-13(10-8-11)18(16,17)15-14-12-5-3-2-4-6-12;/h7-10,15H,2-6H2,1H3;/q;+1. The molecule has 4 nitrogen and oxygen atoms in total. The van der Waals surface area contributed by atoms with Crippen molar-refractivity contribution < 1.29 is 38.0 Å². The molecule has 6 heteroatoms. The molecule has 1 saturated carbocycles. The van der Waals surface area contributed by atoms with E-state index in [4.69, 9.17) is 0 Å². The topological polar surface area (TPSA) is 58.5 Å². The van der Waals surface area contributed by atoms with Gasteiger partial charge in [-0.3, -0.25) is 0 Å². The molecule has 1 N–H and O–H groups in total. The largest absolute Gasteiger partial charge is 1.00 e. The number of hydrogen-bond acceptors (Lipinski definition) is 3. The average molecular weight is 289 g/mol. The van der Waals surface area contributed by atoms with Crippen molar-refractivity contribution in [1.82, 2.24) is 4.83 Å². The van der Waals surface area contributed by atoms with Gasteiger partial charge in [0.25, 0.3) is 10.0 Å². The smallest absolute Gasteiger partial charge is 0.200 e. The summed E-state index contributed by atoms with van der Waals surface area (Å²) in [5.41, 5.74) is 1.99. The molecule has 1 aliphatic carbocycles. The molecule has 0 amide bonds. The Hall–Kier alpha value is -0.360. The molecule has 0 bridgehead atoms. The van der Waals surface area contributed by atoms with Crippen molar-refractivity contribution in [2.45, 2.75) is 43.9 Å². The Morgan fingerprint density at radius 3 is 2.21 bits per heavy atom. The molecule has 19 heavy (non-hydrogen) atoms. The first-order valence-electron chi connectivity index (χ1n) is 6.22. The van der Waals surface area contributed by atoms with E-state index in [-0.39, 0.29) is 34.5 Å². The molecule has 0 atom stereocenters. The van der Waals surface area contributed by atoms with Gasteiger partial charge >= 0.3 is 29.6 Å². The van der Waals surface area contributed by atoms with Gasteiger partial charge in [-0.1, -0.05) is 24.1 Å². The van der Waals surface area contributed by atoms with Crippen LogP contribution in [0.4, 0.5) is 0 Å². The van der Waals surface area contributed by atoms with E-state index in [0.717, 1.165) is 37.0 Å². The van der Waals surface area contributed by atoms with Gasteiger partial charge in [-0.05, 0) is 44.7 Å². The Morgan fingerprint density at radius 2 is 1.63 bits per heavy atom. The Balaban J connectivity index is 0.00000180. The van der Waals surface area contributed by atoms with Crippen LogP contribution in [-0.4, -0.2) is 14.1 Å². The first-order chi connectivity index (χ1) is 8.58. The summed E-state index contributed by atoms with van der Waals surface area (Å²) in [5.74, 6) is 0. The number of rotatable bonds is 3. The molecule has 1 aliphatic rings. The first-order valence-corrected chi connectivity index (χ1v) is 7.70. The minimum absolute atomic E-state index is 0. The SMILES string of the molecule is Cc1ccc(S(=O)(=O)NN=C2CCCCC2)cc1.[Na+]. The summed E-state index contributed by atoms with van der Waals surface area (Å²) >= 11 is 0. The Kier molecular flexibility index (Phi) is 6.53. The number of nitrogens with one attached hydrogen (secondary N) is 1. The zero-order valence-corrected chi connectivity index (χ0v) is 14.3. The monoisotopic (exact) mass is 289 g/mol. The predicted octanol–water partition coefficient (Wildman–Crippen LogP) is -0.403. The number of hydrogen-bond donors (Lipinski definition) is 1. The number of benzene rings is 1. The van der Waals surface area contributed by atoms with Crippen LogP contribution in [0.5, 0.6) is 0 Å². The van der Waals surface area contributed by atoms with Crippen molar-refractivity contribution in [2.75, 3.05) is 0 Å². The number of aryl methyl sites for hydroxylation is 1. The quantitative estimate of drug-likeness (QED) is 0.608. The molecular formula is C13H18N2NaO2S+. The molecule has 1 fully saturated rings. The third-order valence-electron chi connectivity index (χ3n) is 3.09. The number of hydrazone groups is 1. The van der Waals surface area contributed by atoms with Crippen LogP contribution in [0.2, 0.25) is 0 Å².